The van der Waals surface area contributed by atoms with Crippen LogP contribution in [0.4, 0.5) is 0 Å². The van der Waals surface area contributed by atoms with Gasteiger partial charge in [0, 0.05) is 10.7 Å². The minimum atomic E-state index is -1.07. The number of amides is 1. The minimum Gasteiger partial charge on any atom is -0.480 e. The molecule has 0 fully saturated rings. The lowest BCUT2D eigenvalue weighted by Gasteiger charge is -2.16. The lowest BCUT2D eigenvalue weighted by Crippen LogP contribution is -2.41. The molecule has 0 aromatic carbocycles. The Hall–Kier alpha value is -1.14. The molecule has 104 valence electrons. The van der Waals surface area contributed by atoms with Crippen LogP contribution in [0.25, 0.3) is 0 Å². The summed E-state index contributed by atoms with van der Waals surface area (Å²) in [5.74, 6) is -1.47. The highest BCUT2D eigenvalue weighted by Crippen LogP contribution is 2.18. The van der Waals surface area contributed by atoms with E-state index in [1.165, 1.54) is 12.3 Å². The number of halogens is 2. The zero-order valence-corrected chi connectivity index (χ0v) is 12.8. The molecule has 19 heavy (non-hydrogen) atoms. The molecule has 0 bridgehead atoms. The van der Waals surface area contributed by atoms with Gasteiger partial charge in [-0.2, -0.15) is 0 Å². The Balaban J connectivity index is 2.87. The number of nitrogens with one attached hydrogen (secondary N) is 1. The number of carbonyl (C=O) groups is 2. The van der Waals surface area contributed by atoms with Gasteiger partial charge >= 0.3 is 5.97 Å². The molecule has 1 aromatic rings. The van der Waals surface area contributed by atoms with Gasteiger partial charge in [-0.05, 0) is 34.3 Å². The second-order valence-electron chi connectivity index (χ2n) is 4.49. The van der Waals surface area contributed by atoms with Gasteiger partial charge in [0.1, 0.15) is 11.2 Å². The smallest absolute Gasteiger partial charge is 0.326 e. The summed E-state index contributed by atoms with van der Waals surface area (Å²) in [5.41, 5.74) is 0.144. The lowest BCUT2D eigenvalue weighted by atomic mass is 10.0. The van der Waals surface area contributed by atoms with Crippen LogP contribution in [0, 0.1) is 5.92 Å². The maximum absolute atomic E-state index is 12.0. The number of pyridine rings is 1. The largest absolute Gasteiger partial charge is 0.480 e. The van der Waals surface area contributed by atoms with E-state index in [4.69, 9.17) is 16.7 Å². The topological polar surface area (TPSA) is 79.3 Å². The summed E-state index contributed by atoms with van der Waals surface area (Å²) in [5, 5.41) is 11.6. The Morgan fingerprint density at radius 3 is 2.68 bits per heavy atom. The van der Waals surface area contributed by atoms with Crippen LogP contribution in [0.3, 0.4) is 0 Å². The summed E-state index contributed by atoms with van der Waals surface area (Å²) in [6.07, 6.45) is 1.81. The standard InChI is InChI=1S/C12H14BrClN2O3/c1-6(2)3-9(12(18)19)16-11(17)8-4-7(13)5-15-10(8)14/h4-6,9H,3H2,1-2H3,(H,16,17)(H,18,19)/t9-/m1/s1. The average molecular weight is 350 g/mol. The van der Waals surface area contributed by atoms with Gasteiger partial charge in [-0.1, -0.05) is 25.4 Å². The molecule has 1 heterocycles. The van der Waals surface area contributed by atoms with Gasteiger partial charge < -0.3 is 10.4 Å². The summed E-state index contributed by atoms with van der Waals surface area (Å²) in [6, 6.07) is 0.557. The van der Waals surface area contributed by atoms with Gasteiger partial charge in [0.15, 0.2) is 0 Å². The lowest BCUT2D eigenvalue weighted by molar-refractivity contribution is -0.139. The van der Waals surface area contributed by atoms with Gasteiger partial charge in [0.25, 0.3) is 5.91 Å². The van der Waals surface area contributed by atoms with Crippen LogP contribution in [0.2, 0.25) is 5.15 Å². The molecule has 0 saturated heterocycles. The van der Waals surface area contributed by atoms with Gasteiger partial charge in [0.2, 0.25) is 0 Å². The normalized spacial score (nSPS) is 12.3. The Bertz CT molecular complexity index is 494. The predicted molar refractivity (Wildman–Crippen MR) is 75.3 cm³/mol. The first-order chi connectivity index (χ1) is 8.81. The molecule has 5 nitrogen and oxygen atoms in total. The number of carboxylic acid groups (broad SMARTS) is 1. The van der Waals surface area contributed by atoms with Crippen LogP contribution in [0.1, 0.15) is 30.6 Å². The average Bonchev–Trinajstić information content (AvgIpc) is 2.30. The number of aromatic nitrogens is 1. The van der Waals surface area contributed by atoms with Gasteiger partial charge in [0.05, 0.1) is 5.56 Å². The van der Waals surface area contributed by atoms with E-state index in [9.17, 15) is 9.59 Å². The van der Waals surface area contributed by atoms with E-state index in [1.807, 2.05) is 13.8 Å². The van der Waals surface area contributed by atoms with E-state index in [0.29, 0.717) is 10.9 Å². The fourth-order valence-corrected chi connectivity index (χ4v) is 2.03. The third-order valence-corrected chi connectivity index (χ3v) is 3.10. The zero-order chi connectivity index (χ0) is 14.6. The molecule has 0 radical (unpaired) electrons. The van der Waals surface area contributed by atoms with Crippen LogP contribution < -0.4 is 5.32 Å². The summed E-state index contributed by atoms with van der Waals surface area (Å²) < 4.78 is 0.595. The van der Waals surface area contributed by atoms with Crippen LogP contribution >= 0.6 is 27.5 Å². The monoisotopic (exact) mass is 348 g/mol. The van der Waals surface area contributed by atoms with E-state index in [1.54, 1.807) is 0 Å². The van der Waals surface area contributed by atoms with Crippen molar-refractivity contribution in [2.24, 2.45) is 5.92 Å². The van der Waals surface area contributed by atoms with Crippen molar-refractivity contribution in [3.63, 3.8) is 0 Å². The number of hydrogen-bond acceptors (Lipinski definition) is 3. The molecule has 2 N–H and O–H groups in total. The van der Waals surface area contributed by atoms with E-state index in [-0.39, 0.29) is 16.6 Å². The first-order valence-corrected chi connectivity index (χ1v) is 6.83. The maximum atomic E-state index is 12.0. The highest BCUT2D eigenvalue weighted by atomic mass is 79.9. The van der Waals surface area contributed by atoms with Crippen molar-refractivity contribution in [3.05, 3.63) is 27.5 Å². The quantitative estimate of drug-likeness (QED) is 0.801. The SMILES string of the molecule is CC(C)C[C@@H](NC(=O)c1cc(Br)cnc1Cl)C(=O)O. The molecule has 1 amide bonds. The second-order valence-corrected chi connectivity index (χ2v) is 5.76. The Labute approximate surface area is 124 Å². The number of aliphatic carboxylic acids is 1. The Kier molecular flexibility index (Phi) is 5.75. The Morgan fingerprint density at radius 2 is 2.16 bits per heavy atom. The second kappa shape index (κ2) is 6.86. The maximum Gasteiger partial charge on any atom is 0.326 e. The number of hydrogen-bond donors (Lipinski definition) is 2. The van der Waals surface area contributed by atoms with E-state index < -0.39 is 17.9 Å². The number of nitrogens with zero attached hydrogens (tertiary/aromatic N) is 1. The third kappa shape index (κ3) is 4.80. The van der Waals surface area contributed by atoms with Crippen molar-refractivity contribution in [3.8, 4) is 0 Å². The van der Waals surface area contributed by atoms with Crippen LogP contribution in [-0.4, -0.2) is 28.0 Å². The van der Waals surface area contributed by atoms with Crippen molar-refractivity contribution in [2.75, 3.05) is 0 Å². The van der Waals surface area contributed by atoms with Crippen LogP contribution in [0.5, 0.6) is 0 Å². The molecule has 0 aliphatic rings. The fourth-order valence-electron chi connectivity index (χ4n) is 1.51. The first-order valence-electron chi connectivity index (χ1n) is 5.66. The zero-order valence-electron chi connectivity index (χ0n) is 10.5. The molecular formula is C12H14BrClN2O3. The summed E-state index contributed by atoms with van der Waals surface area (Å²) in [4.78, 5) is 26.9. The number of carboxylic acids is 1. The third-order valence-electron chi connectivity index (χ3n) is 2.36. The highest BCUT2D eigenvalue weighted by Gasteiger charge is 2.23. The summed E-state index contributed by atoms with van der Waals surface area (Å²) >= 11 is 9.00. The van der Waals surface area contributed by atoms with Crippen molar-refractivity contribution >= 4 is 39.4 Å². The molecule has 1 atom stereocenters. The van der Waals surface area contributed by atoms with Crippen molar-refractivity contribution in [2.45, 2.75) is 26.3 Å². The molecule has 7 heteroatoms. The van der Waals surface area contributed by atoms with Crippen molar-refractivity contribution in [1.82, 2.24) is 10.3 Å². The number of rotatable bonds is 5. The van der Waals surface area contributed by atoms with E-state index in [0.717, 1.165) is 0 Å². The van der Waals surface area contributed by atoms with Crippen molar-refractivity contribution < 1.29 is 14.7 Å². The molecule has 0 aliphatic carbocycles. The van der Waals surface area contributed by atoms with Crippen molar-refractivity contribution in [1.29, 1.82) is 0 Å². The first kappa shape index (κ1) is 15.9. The molecule has 0 aliphatic heterocycles. The fraction of sp³-hybridized carbons (Fsp3) is 0.417. The molecule has 1 aromatic heterocycles. The molecule has 0 unspecified atom stereocenters. The van der Waals surface area contributed by atoms with Gasteiger partial charge in [-0.15, -0.1) is 0 Å². The molecule has 1 rings (SSSR count). The van der Waals surface area contributed by atoms with Crippen LogP contribution in [0.15, 0.2) is 16.7 Å². The number of carbonyl (C=O) groups excluding carboxylic acids is 1. The summed E-state index contributed by atoms with van der Waals surface area (Å²) in [6.45, 7) is 3.77. The summed E-state index contributed by atoms with van der Waals surface area (Å²) in [7, 11) is 0. The van der Waals surface area contributed by atoms with Gasteiger partial charge in [-0.3, -0.25) is 4.79 Å². The molecule has 0 saturated carbocycles. The molecule has 0 spiro atoms. The van der Waals surface area contributed by atoms with Crippen LogP contribution in [-0.2, 0) is 4.79 Å². The van der Waals surface area contributed by atoms with Gasteiger partial charge in [-0.25, -0.2) is 9.78 Å². The predicted octanol–water partition coefficient (Wildman–Crippen LogP) is 2.73. The molecular weight excluding hydrogens is 336 g/mol. The Morgan fingerprint density at radius 1 is 1.53 bits per heavy atom. The van der Waals surface area contributed by atoms with E-state index in [2.05, 4.69) is 26.2 Å². The highest BCUT2D eigenvalue weighted by molar-refractivity contribution is 9.10. The minimum absolute atomic E-state index is 0.0365. The van der Waals surface area contributed by atoms with E-state index >= 15 is 0 Å².